The number of aliphatic hydroxyl groups excluding tert-OH is 2. The van der Waals surface area contributed by atoms with E-state index in [0.717, 1.165) is 0 Å². The predicted octanol–water partition coefficient (Wildman–Crippen LogP) is 1.36. The molecule has 2 atom stereocenters. The van der Waals surface area contributed by atoms with Gasteiger partial charge in [0, 0.05) is 11.6 Å². The van der Waals surface area contributed by atoms with E-state index in [0.29, 0.717) is 22.3 Å². The minimum atomic E-state index is -1.03. The van der Waals surface area contributed by atoms with Crippen molar-refractivity contribution in [2.24, 2.45) is 0 Å². The van der Waals surface area contributed by atoms with Crippen LogP contribution in [0.2, 0.25) is 0 Å². The molecule has 1 aromatic heterocycles. The van der Waals surface area contributed by atoms with E-state index in [9.17, 15) is 15.0 Å². The van der Waals surface area contributed by atoms with Crippen LogP contribution in [0.25, 0.3) is 11.0 Å². The van der Waals surface area contributed by atoms with Crippen LogP contribution < -0.4 is 10.4 Å². The fraction of sp³-hybridized carbons (Fsp3) is 0.357. The van der Waals surface area contributed by atoms with Crippen LogP contribution in [0.15, 0.2) is 33.5 Å². The predicted molar refractivity (Wildman–Crippen MR) is 68.2 cm³/mol. The Kier molecular flexibility index (Phi) is 2.45. The Labute approximate surface area is 109 Å². The zero-order valence-electron chi connectivity index (χ0n) is 10.6. The highest BCUT2D eigenvalue weighted by Crippen LogP contribution is 2.43. The Balaban J connectivity index is 2.31. The maximum Gasteiger partial charge on any atom is 0.336 e. The van der Waals surface area contributed by atoms with Crippen molar-refractivity contribution in [2.75, 3.05) is 0 Å². The molecule has 5 heteroatoms. The molecule has 100 valence electrons. The minimum absolute atomic E-state index is 0.394. The molecule has 2 heterocycles. The van der Waals surface area contributed by atoms with E-state index in [4.69, 9.17) is 9.15 Å². The maximum absolute atomic E-state index is 11.2. The summed E-state index contributed by atoms with van der Waals surface area (Å²) in [5.74, 6) is 0.448. The number of hydrogen-bond donors (Lipinski definition) is 2. The molecule has 0 aliphatic carbocycles. The fourth-order valence-electron chi connectivity index (χ4n) is 2.36. The molecule has 5 nitrogen and oxygen atoms in total. The summed E-state index contributed by atoms with van der Waals surface area (Å²) in [5, 5.41) is 20.8. The first-order valence-electron chi connectivity index (χ1n) is 6.02. The molecule has 0 unspecified atom stereocenters. The molecule has 2 N–H and O–H groups in total. The quantitative estimate of drug-likeness (QED) is 0.701. The maximum atomic E-state index is 11.2. The molecule has 0 saturated heterocycles. The lowest BCUT2D eigenvalue weighted by atomic mass is 9.88. The largest absolute Gasteiger partial charge is 0.484 e. The topological polar surface area (TPSA) is 79.9 Å². The van der Waals surface area contributed by atoms with E-state index in [2.05, 4.69) is 0 Å². The van der Waals surface area contributed by atoms with E-state index < -0.39 is 23.4 Å². The molecule has 0 fully saturated rings. The second kappa shape index (κ2) is 3.82. The van der Waals surface area contributed by atoms with Gasteiger partial charge in [0.25, 0.3) is 0 Å². The van der Waals surface area contributed by atoms with Gasteiger partial charge in [0.1, 0.15) is 29.1 Å². The molecule has 0 radical (unpaired) electrons. The van der Waals surface area contributed by atoms with Crippen LogP contribution in [0.5, 0.6) is 5.75 Å². The van der Waals surface area contributed by atoms with Crippen LogP contribution in [0, 0.1) is 0 Å². The van der Waals surface area contributed by atoms with Gasteiger partial charge in [-0.25, -0.2) is 4.79 Å². The minimum Gasteiger partial charge on any atom is -0.484 e. The first-order valence-corrected chi connectivity index (χ1v) is 6.02. The Morgan fingerprint density at radius 1 is 1.16 bits per heavy atom. The van der Waals surface area contributed by atoms with Crippen molar-refractivity contribution >= 4 is 11.0 Å². The lowest BCUT2D eigenvalue weighted by molar-refractivity contribution is -0.111. The highest BCUT2D eigenvalue weighted by atomic mass is 16.5. The fourth-order valence-corrected chi connectivity index (χ4v) is 2.36. The zero-order valence-corrected chi connectivity index (χ0v) is 10.6. The third kappa shape index (κ3) is 1.74. The number of benzene rings is 1. The van der Waals surface area contributed by atoms with Gasteiger partial charge >= 0.3 is 5.63 Å². The summed E-state index contributed by atoms with van der Waals surface area (Å²) >= 11 is 0. The van der Waals surface area contributed by atoms with Gasteiger partial charge in [-0.15, -0.1) is 0 Å². The summed E-state index contributed by atoms with van der Waals surface area (Å²) in [6.07, 6.45) is -2.05. The highest BCUT2D eigenvalue weighted by molar-refractivity contribution is 5.85. The molecule has 19 heavy (non-hydrogen) atoms. The van der Waals surface area contributed by atoms with Crippen molar-refractivity contribution in [3.8, 4) is 5.75 Å². The summed E-state index contributed by atoms with van der Waals surface area (Å²) < 4.78 is 10.9. The lowest BCUT2D eigenvalue weighted by Gasteiger charge is -2.40. The van der Waals surface area contributed by atoms with Crippen LogP contribution in [-0.2, 0) is 0 Å². The Bertz CT molecular complexity index is 701. The summed E-state index contributed by atoms with van der Waals surface area (Å²) in [6.45, 7) is 3.39. The van der Waals surface area contributed by atoms with E-state index >= 15 is 0 Å². The molecule has 1 aromatic carbocycles. The summed E-state index contributed by atoms with van der Waals surface area (Å²) in [4.78, 5) is 11.2. The first-order chi connectivity index (χ1) is 8.90. The van der Waals surface area contributed by atoms with E-state index in [1.165, 1.54) is 6.07 Å². The van der Waals surface area contributed by atoms with Crippen molar-refractivity contribution in [3.63, 3.8) is 0 Å². The van der Waals surface area contributed by atoms with Gasteiger partial charge in [0.05, 0.1) is 5.39 Å². The Hall–Kier alpha value is -1.85. The van der Waals surface area contributed by atoms with Crippen LogP contribution in [0.3, 0.4) is 0 Å². The molecule has 1 aliphatic heterocycles. The second-order valence-corrected chi connectivity index (χ2v) is 5.25. The normalized spacial score (nSPS) is 24.8. The highest BCUT2D eigenvalue weighted by Gasteiger charge is 2.42. The SMILES string of the molecule is CC1(C)Oc2c(ccc3oc(=O)ccc23)[C@@H](O)[C@H]1O. The lowest BCUT2D eigenvalue weighted by Crippen LogP contribution is -2.48. The third-order valence-electron chi connectivity index (χ3n) is 3.48. The molecule has 1 aliphatic rings. The molecule has 3 rings (SSSR count). The van der Waals surface area contributed by atoms with Crippen molar-refractivity contribution in [3.05, 3.63) is 40.2 Å². The number of aliphatic hydroxyl groups is 2. The molecule has 2 aromatic rings. The van der Waals surface area contributed by atoms with E-state index in [-0.39, 0.29) is 0 Å². The van der Waals surface area contributed by atoms with Gasteiger partial charge in [-0.3, -0.25) is 0 Å². The van der Waals surface area contributed by atoms with E-state index in [1.54, 1.807) is 32.0 Å². The van der Waals surface area contributed by atoms with Gasteiger partial charge in [-0.1, -0.05) is 0 Å². The van der Waals surface area contributed by atoms with Gasteiger partial charge in [-0.2, -0.15) is 0 Å². The average Bonchev–Trinajstić information content (AvgIpc) is 2.35. The van der Waals surface area contributed by atoms with E-state index in [1.807, 2.05) is 0 Å². The van der Waals surface area contributed by atoms with Crippen LogP contribution >= 0.6 is 0 Å². The number of rotatable bonds is 0. The average molecular weight is 262 g/mol. The van der Waals surface area contributed by atoms with Crippen LogP contribution in [0.1, 0.15) is 25.5 Å². The van der Waals surface area contributed by atoms with Gasteiger partial charge < -0.3 is 19.4 Å². The standard InChI is InChI=1S/C14H14O5/c1-14(2)13(17)11(16)8-3-5-9-7(12(8)19-14)4-6-10(15)18-9/h3-6,11,13,16-17H,1-2H3/t11-,13-/m1/s1. The van der Waals surface area contributed by atoms with Crippen LogP contribution in [-0.4, -0.2) is 21.9 Å². The van der Waals surface area contributed by atoms with Gasteiger partial charge in [0.2, 0.25) is 0 Å². The number of fused-ring (bicyclic) bond motifs is 3. The van der Waals surface area contributed by atoms with Crippen LogP contribution in [0.4, 0.5) is 0 Å². The zero-order chi connectivity index (χ0) is 13.8. The van der Waals surface area contributed by atoms with Gasteiger partial charge in [0.15, 0.2) is 0 Å². The number of hydrogen-bond acceptors (Lipinski definition) is 5. The molecule has 0 bridgehead atoms. The van der Waals surface area contributed by atoms with Crippen molar-refractivity contribution < 1.29 is 19.4 Å². The Morgan fingerprint density at radius 2 is 1.89 bits per heavy atom. The summed E-state index contributed by atoms with van der Waals surface area (Å²) in [6, 6.07) is 6.09. The Morgan fingerprint density at radius 3 is 2.63 bits per heavy atom. The second-order valence-electron chi connectivity index (χ2n) is 5.25. The van der Waals surface area contributed by atoms with Crippen molar-refractivity contribution in [1.82, 2.24) is 0 Å². The first kappa shape index (κ1) is 12.2. The van der Waals surface area contributed by atoms with Crippen molar-refractivity contribution in [2.45, 2.75) is 31.7 Å². The molecule has 0 spiro atoms. The van der Waals surface area contributed by atoms with Crippen molar-refractivity contribution in [1.29, 1.82) is 0 Å². The third-order valence-corrected chi connectivity index (χ3v) is 3.48. The monoisotopic (exact) mass is 262 g/mol. The summed E-state index contributed by atoms with van der Waals surface area (Å²) in [5.41, 5.74) is -0.474. The van der Waals surface area contributed by atoms with Gasteiger partial charge in [-0.05, 0) is 32.0 Å². The summed E-state index contributed by atoms with van der Waals surface area (Å²) in [7, 11) is 0. The molecule has 0 saturated carbocycles. The smallest absolute Gasteiger partial charge is 0.336 e. The number of ether oxygens (including phenoxy) is 1. The molecular formula is C14H14O5. The molecular weight excluding hydrogens is 248 g/mol. The molecule has 0 amide bonds.